The number of nitrogens with one attached hydrogen (secondary N) is 1. The van der Waals surface area contributed by atoms with Crippen LogP contribution in [0.3, 0.4) is 0 Å². The summed E-state index contributed by atoms with van der Waals surface area (Å²) in [6.07, 6.45) is 3.44. The van der Waals surface area contributed by atoms with Crippen LogP contribution >= 0.6 is 12.4 Å². The van der Waals surface area contributed by atoms with Gasteiger partial charge in [-0.3, -0.25) is 9.59 Å². The quantitative estimate of drug-likeness (QED) is 0.716. The van der Waals surface area contributed by atoms with E-state index in [-0.39, 0.29) is 36.9 Å². The first-order valence-electron chi connectivity index (χ1n) is 8.84. The second-order valence-corrected chi connectivity index (χ2v) is 6.28. The lowest BCUT2D eigenvalue weighted by atomic mass is 10.0. The average molecular weight is 369 g/mol. The van der Waals surface area contributed by atoms with Crippen molar-refractivity contribution >= 4 is 24.1 Å². The second-order valence-electron chi connectivity index (χ2n) is 6.28. The highest BCUT2D eigenvalue weighted by molar-refractivity contribution is 5.98. The van der Waals surface area contributed by atoms with Crippen molar-refractivity contribution in [3.63, 3.8) is 0 Å². The van der Waals surface area contributed by atoms with Crippen molar-refractivity contribution in [2.75, 3.05) is 26.7 Å². The number of piperidine rings is 1. The molecule has 1 saturated heterocycles. The molecule has 0 atom stereocenters. The molecule has 1 aromatic rings. The Morgan fingerprint density at radius 2 is 1.80 bits per heavy atom. The zero-order valence-corrected chi connectivity index (χ0v) is 15.9. The van der Waals surface area contributed by atoms with Gasteiger partial charge in [0.25, 0.3) is 0 Å². The van der Waals surface area contributed by atoms with Gasteiger partial charge in [-0.1, -0.05) is 6.92 Å². The monoisotopic (exact) mass is 368 g/mol. The molecule has 1 fully saturated rings. The number of rotatable bonds is 8. The molecule has 1 aromatic carbocycles. The van der Waals surface area contributed by atoms with Gasteiger partial charge < -0.3 is 15.0 Å². The zero-order chi connectivity index (χ0) is 17.4. The number of ketones is 1. The van der Waals surface area contributed by atoms with E-state index in [4.69, 9.17) is 4.74 Å². The lowest BCUT2D eigenvalue weighted by Gasteiger charge is -2.31. The maximum absolute atomic E-state index is 12.3. The zero-order valence-electron chi connectivity index (χ0n) is 15.1. The van der Waals surface area contributed by atoms with Gasteiger partial charge in [-0.25, -0.2) is 0 Å². The van der Waals surface area contributed by atoms with E-state index in [1.807, 2.05) is 24.1 Å². The highest BCUT2D eigenvalue weighted by Gasteiger charge is 2.22. The lowest BCUT2D eigenvalue weighted by molar-refractivity contribution is -0.132. The van der Waals surface area contributed by atoms with Gasteiger partial charge in [0.15, 0.2) is 5.78 Å². The first-order valence-corrected chi connectivity index (χ1v) is 8.84. The number of Topliss-reactive ketones (excluding diaryl/α,β-unsaturated/α-hetero) is 1. The normalized spacial score (nSPS) is 14.5. The third-order valence-electron chi connectivity index (χ3n) is 4.46. The Morgan fingerprint density at radius 1 is 1.16 bits per heavy atom. The molecule has 1 aliphatic heterocycles. The Bertz CT molecular complexity index is 542. The number of hydrogen-bond acceptors (Lipinski definition) is 4. The standard InChI is InChI=1S/C19H28N2O3.ClH/c1-3-14-24-17-6-4-15(5-7-17)18(22)8-9-19(23)21(2)16-10-12-20-13-11-16;/h4-7,16,20H,3,8-14H2,1-2H3;1H. The Kier molecular flexibility index (Phi) is 9.53. The van der Waals surface area contributed by atoms with Crippen LogP contribution < -0.4 is 10.1 Å². The molecular formula is C19H29ClN2O3. The van der Waals surface area contributed by atoms with Crippen molar-refractivity contribution in [2.45, 2.75) is 45.1 Å². The van der Waals surface area contributed by atoms with E-state index in [9.17, 15) is 9.59 Å². The molecule has 0 bridgehead atoms. The highest BCUT2D eigenvalue weighted by atomic mass is 35.5. The minimum atomic E-state index is 0. The predicted molar refractivity (Wildman–Crippen MR) is 102 cm³/mol. The van der Waals surface area contributed by atoms with Crippen LogP contribution in [0.2, 0.25) is 0 Å². The van der Waals surface area contributed by atoms with E-state index in [0.717, 1.165) is 38.1 Å². The molecule has 6 heteroatoms. The van der Waals surface area contributed by atoms with Crippen LogP contribution in [-0.4, -0.2) is 49.4 Å². The third-order valence-corrected chi connectivity index (χ3v) is 4.46. The van der Waals surface area contributed by atoms with Gasteiger partial charge in [-0.2, -0.15) is 0 Å². The van der Waals surface area contributed by atoms with Gasteiger partial charge in [0.2, 0.25) is 5.91 Å². The molecular weight excluding hydrogens is 340 g/mol. The average Bonchev–Trinajstić information content (AvgIpc) is 2.64. The van der Waals surface area contributed by atoms with E-state index in [2.05, 4.69) is 12.2 Å². The van der Waals surface area contributed by atoms with Crippen molar-refractivity contribution in [1.29, 1.82) is 0 Å². The Labute approximate surface area is 156 Å². The fourth-order valence-electron chi connectivity index (χ4n) is 2.90. The third kappa shape index (κ3) is 6.67. The summed E-state index contributed by atoms with van der Waals surface area (Å²) in [4.78, 5) is 26.4. The number of ether oxygens (including phenoxy) is 1. The van der Waals surface area contributed by atoms with Gasteiger partial charge in [0.05, 0.1) is 6.61 Å². The van der Waals surface area contributed by atoms with Crippen LogP contribution in [0.15, 0.2) is 24.3 Å². The first-order chi connectivity index (χ1) is 11.6. The summed E-state index contributed by atoms with van der Waals surface area (Å²) in [6.45, 7) is 4.63. The van der Waals surface area contributed by atoms with E-state index in [0.29, 0.717) is 18.2 Å². The summed E-state index contributed by atoms with van der Waals surface area (Å²) in [5.74, 6) is 0.831. The van der Waals surface area contributed by atoms with Crippen LogP contribution in [-0.2, 0) is 4.79 Å². The largest absolute Gasteiger partial charge is 0.494 e. The van der Waals surface area contributed by atoms with E-state index in [1.165, 1.54) is 0 Å². The molecule has 1 heterocycles. The molecule has 0 radical (unpaired) electrons. The molecule has 2 rings (SSSR count). The molecule has 25 heavy (non-hydrogen) atoms. The number of halogens is 1. The van der Waals surface area contributed by atoms with Gasteiger partial charge in [0.1, 0.15) is 5.75 Å². The maximum Gasteiger partial charge on any atom is 0.223 e. The molecule has 5 nitrogen and oxygen atoms in total. The van der Waals surface area contributed by atoms with Crippen molar-refractivity contribution in [1.82, 2.24) is 10.2 Å². The fraction of sp³-hybridized carbons (Fsp3) is 0.579. The van der Waals surface area contributed by atoms with E-state index >= 15 is 0 Å². The molecule has 0 spiro atoms. The number of carbonyl (C=O) groups is 2. The summed E-state index contributed by atoms with van der Waals surface area (Å²) in [5, 5.41) is 3.30. The van der Waals surface area contributed by atoms with Gasteiger partial charge in [0, 0.05) is 31.5 Å². The Morgan fingerprint density at radius 3 is 2.40 bits per heavy atom. The molecule has 0 saturated carbocycles. The molecule has 1 aliphatic rings. The molecule has 0 unspecified atom stereocenters. The highest BCUT2D eigenvalue weighted by Crippen LogP contribution is 2.16. The van der Waals surface area contributed by atoms with Crippen molar-refractivity contribution in [3.05, 3.63) is 29.8 Å². The summed E-state index contributed by atoms with van der Waals surface area (Å²) < 4.78 is 5.51. The smallest absolute Gasteiger partial charge is 0.223 e. The van der Waals surface area contributed by atoms with Crippen LogP contribution in [0.25, 0.3) is 0 Å². The Hall–Kier alpha value is -1.59. The van der Waals surface area contributed by atoms with Gasteiger partial charge >= 0.3 is 0 Å². The van der Waals surface area contributed by atoms with E-state index in [1.54, 1.807) is 12.1 Å². The van der Waals surface area contributed by atoms with Crippen LogP contribution in [0.4, 0.5) is 0 Å². The van der Waals surface area contributed by atoms with E-state index < -0.39 is 0 Å². The maximum atomic E-state index is 12.3. The molecule has 0 aliphatic carbocycles. The van der Waals surface area contributed by atoms with Crippen molar-refractivity contribution in [2.24, 2.45) is 0 Å². The minimum absolute atomic E-state index is 0. The molecule has 0 aromatic heterocycles. The van der Waals surface area contributed by atoms with Crippen LogP contribution in [0.1, 0.15) is 49.4 Å². The van der Waals surface area contributed by atoms with Crippen molar-refractivity contribution < 1.29 is 14.3 Å². The number of carbonyl (C=O) groups excluding carboxylic acids is 2. The van der Waals surface area contributed by atoms with Crippen molar-refractivity contribution in [3.8, 4) is 5.75 Å². The molecule has 1 N–H and O–H groups in total. The number of amides is 1. The predicted octanol–water partition coefficient (Wildman–Crippen LogP) is 3.07. The number of hydrogen-bond donors (Lipinski definition) is 1. The summed E-state index contributed by atoms with van der Waals surface area (Å²) in [7, 11) is 1.85. The summed E-state index contributed by atoms with van der Waals surface area (Å²) in [6, 6.07) is 7.46. The minimum Gasteiger partial charge on any atom is -0.494 e. The number of nitrogens with zero attached hydrogens (tertiary/aromatic N) is 1. The topological polar surface area (TPSA) is 58.6 Å². The second kappa shape index (κ2) is 11.1. The Balaban J connectivity index is 0.00000312. The lowest BCUT2D eigenvalue weighted by Crippen LogP contribution is -2.44. The van der Waals surface area contributed by atoms with Crippen LogP contribution in [0.5, 0.6) is 5.75 Å². The van der Waals surface area contributed by atoms with Gasteiger partial charge in [-0.15, -0.1) is 12.4 Å². The summed E-state index contributed by atoms with van der Waals surface area (Å²) >= 11 is 0. The SMILES string of the molecule is CCCOc1ccc(C(=O)CCC(=O)N(C)C2CCNCC2)cc1.Cl. The number of benzene rings is 1. The first kappa shape index (κ1) is 21.5. The van der Waals surface area contributed by atoms with Gasteiger partial charge in [-0.05, 0) is 56.6 Å². The van der Waals surface area contributed by atoms with Crippen LogP contribution in [0, 0.1) is 0 Å². The fourth-order valence-corrected chi connectivity index (χ4v) is 2.90. The molecule has 140 valence electrons. The molecule has 1 amide bonds. The summed E-state index contributed by atoms with van der Waals surface area (Å²) in [5.41, 5.74) is 0.635.